The van der Waals surface area contributed by atoms with Crippen molar-refractivity contribution >= 4 is 31.2 Å². The van der Waals surface area contributed by atoms with Crippen molar-refractivity contribution in [3.05, 3.63) is 0 Å². The van der Waals surface area contributed by atoms with Crippen molar-refractivity contribution in [1.82, 2.24) is 0 Å². The molecule has 0 aromatic rings. The summed E-state index contributed by atoms with van der Waals surface area (Å²) in [5.74, 6) is 0. The SMILES string of the molecule is CCCC(I)[Si](C)(OC)OC. The summed E-state index contributed by atoms with van der Waals surface area (Å²) in [6.45, 7) is 4.30. The second kappa shape index (κ2) is 5.50. The van der Waals surface area contributed by atoms with Gasteiger partial charge < -0.3 is 8.85 Å². The maximum atomic E-state index is 5.41. The van der Waals surface area contributed by atoms with Gasteiger partial charge in [-0.15, -0.1) is 0 Å². The number of hydrogen-bond donors (Lipinski definition) is 0. The standard InChI is InChI=1S/C7H17IO2Si/c1-5-6-7(8)11(4,9-2)10-3/h7H,5-6H2,1-4H3. The lowest BCUT2D eigenvalue weighted by Gasteiger charge is -2.27. The summed E-state index contributed by atoms with van der Waals surface area (Å²) in [6.07, 6.45) is 2.38. The molecule has 0 N–H and O–H groups in total. The number of rotatable bonds is 5. The van der Waals surface area contributed by atoms with E-state index in [9.17, 15) is 0 Å². The van der Waals surface area contributed by atoms with Crippen LogP contribution in [0.5, 0.6) is 0 Å². The summed E-state index contributed by atoms with van der Waals surface area (Å²) in [4.78, 5) is 0. The van der Waals surface area contributed by atoms with Gasteiger partial charge in [0.25, 0.3) is 0 Å². The quantitative estimate of drug-likeness (QED) is 0.439. The largest absolute Gasteiger partial charge is 0.397 e. The lowest BCUT2D eigenvalue weighted by Crippen LogP contribution is -2.46. The van der Waals surface area contributed by atoms with Gasteiger partial charge in [-0.1, -0.05) is 35.9 Å². The molecule has 0 heterocycles. The molecule has 0 bridgehead atoms. The molecular formula is C7H17IO2Si. The Kier molecular flexibility index (Phi) is 5.94. The molecule has 1 atom stereocenters. The predicted molar refractivity (Wildman–Crippen MR) is 58.4 cm³/mol. The summed E-state index contributed by atoms with van der Waals surface area (Å²) >= 11 is 2.43. The van der Waals surface area contributed by atoms with Crippen LogP contribution in [-0.4, -0.2) is 26.3 Å². The topological polar surface area (TPSA) is 18.5 Å². The average Bonchev–Trinajstić information content (AvgIpc) is 2.03. The fraction of sp³-hybridized carbons (Fsp3) is 1.00. The highest BCUT2D eigenvalue weighted by atomic mass is 127. The summed E-state index contributed by atoms with van der Waals surface area (Å²) < 4.78 is 11.4. The fourth-order valence-corrected chi connectivity index (χ4v) is 4.49. The number of alkyl halides is 1. The minimum Gasteiger partial charge on any atom is -0.397 e. The van der Waals surface area contributed by atoms with Crippen LogP contribution in [0.4, 0.5) is 0 Å². The highest BCUT2D eigenvalue weighted by Crippen LogP contribution is 2.22. The van der Waals surface area contributed by atoms with E-state index < -0.39 is 8.56 Å². The van der Waals surface area contributed by atoms with Crippen LogP contribution < -0.4 is 0 Å². The summed E-state index contributed by atoms with van der Waals surface area (Å²) in [7, 11) is 1.66. The molecule has 0 saturated heterocycles. The van der Waals surface area contributed by atoms with E-state index in [-0.39, 0.29) is 0 Å². The molecule has 0 aliphatic carbocycles. The third-order valence-corrected chi connectivity index (χ3v) is 8.99. The van der Waals surface area contributed by atoms with Crippen LogP contribution in [-0.2, 0) is 8.85 Å². The van der Waals surface area contributed by atoms with Crippen molar-refractivity contribution in [3.8, 4) is 0 Å². The van der Waals surface area contributed by atoms with Crippen molar-refractivity contribution in [3.63, 3.8) is 0 Å². The van der Waals surface area contributed by atoms with Gasteiger partial charge in [0, 0.05) is 14.2 Å². The smallest absolute Gasteiger partial charge is 0.347 e. The summed E-state index contributed by atoms with van der Waals surface area (Å²) in [5, 5.41) is 0. The molecule has 0 aromatic carbocycles. The Bertz CT molecular complexity index is 107. The van der Waals surface area contributed by atoms with Gasteiger partial charge in [0.1, 0.15) is 0 Å². The van der Waals surface area contributed by atoms with Gasteiger partial charge in [0.2, 0.25) is 0 Å². The van der Waals surface area contributed by atoms with Crippen LogP contribution in [0, 0.1) is 0 Å². The highest BCUT2D eigenvalue weighted by molar-refractivity contribution is 14.1. The van der Waals surface area contributed by atoms with Gasteiger partial charge in [-0.05, 0) is 13.0 Å². The van der Waals surface area contributed by atoms with E-state index >= 15 is 0 Å². The minimum atomic E-state index is -1.84. The van der Waals surface area contributed by atoms with E-state index in [1.807, 2.05) is 0 Å². The fourth-order valence-electron chi connectivity index (χ4n) is 0.855. The molecule has 0 aliphatic rings. The molecule has 0 fully saturated rings. The molecule has 1 unspecified atom stereocenters. The normalized spacial score (nSPS) is 15.0. The first-order chi connectivity index (χ1) is 5.10. The van der Waals surface area contributed by atoms with E-state index in [2.05, 4.69) is 36.1 Å². The van der Waals surface area contributed by atoms with Crippen LogP contribution in [0.25, 0.3) is 0 Å². The first-order valence-electron chi connectivity index (χ1n) is 3.85. The van der Waals surface area contributed by atoms with Crippen molar-refractivity contribution in [1.29, 1.82) is 0 Å². The maximum Gasteiger partial charge on any atom is 0.347 e. The van der Waals surface area contributed by atoms with Gasteiger partial charge in [-0.3, -0.25) is 0 Å². The Balaban J connectivity index is 4.00. The third kappa shape index (κ3) is 3.39. The Morgan fingerprint density at radius 3 is 2.09 bits per heavy atom. The monoisotopic (exact) mass is 288 g/mol. The van der Waals surface area contributed by atoms with Crippen molar-refractivity contribution < 1.29 is 8.85 Å². The van der Waals surface area contributed by atoms with Gasteiger partial charge in [0.05, 0.1) is 3.55 Å². The average molecular weight is 288 g/mol. The Hall–Kier alpha value is 0.867. The first-order valence-corrected chi connectivity index (χ1v) is 7.49. The molecule has 68 valence electrons. The Labute approximate surface area is 84.0 Å². The number of hydrogen-bond acceptors (Lipinski definition) is 2. The van der Waals surface area contributed by atoms with Crippen molar-refractivity contribution in [2.75, 3.05) is 14.2 Å². The predicted octanol–water partition coefficient (Wildman–Crippen LogP) is 2.49. The van der Waals surface area contributed by atoms with Crippen molar-refractivity contribution in [2.45, 2.75) is 29.9 Å². The van der Waals surface area contributed by atoms with E-state index in [1.54, 1.807) is 14.2 Å². The van der Waals surface area contributed by atoms with Gasteiger partial charge >= 0.3 is 8.56 Å². The zero-order valence-electron chi connectivity index (χ0n) is 7.69. The minimum absolute atomic E-state index is 0.556. The highest BCUT2D eigenvalue weighted by Gasteiger charge is 2.36. The van der Waals surface area contributed by atoms with E-state index in [0.717, 1.165) is 0 Å². The molecule has 0 rings (SSSR count). The van der Waals surface area contributed by atoms with Gasteiger partial charge in [-0.2, -0.15) is 0 Å². The van der Waals surface area contributed by atoms with Crippen LogP contribution in [0.3, 0.4) is 0 Å². The molecular weight excluding hydrogens is 271 g/mol. The summed E-state index contributed by atoms with van der Waals surface area (Å²) in [5.41, 5.74) is 0. The van der Waals surface area contributed by atoms with Crippen LogP contribution in [0.2, 0.25) is 6.55 Å². The van der Waals surface area contributed by atoms with E-state index in [0.29, 0.717) is 3.55 Å². The molecule has 0 amide bonds. The maximum absolute atomic E-state index is 5.41. The molecule has 0 saturated carbocycles. The Morgan fingerprint density at radius 2 is 1.82 bits per heavy atom. The molecule has 11 heavy (non-hydrogen) atoms. The van der Waals surface area contributed by atoms with E-state index in [4.69, 9.17) is 8.85 Å². The van der Waals surface area contributed by atoms with Gasteiger partial charge in [0.15, 0.2) is 0 Å². The van der Waals surface area contributed by atoms with Crippen LogP contribution in [0.15, 0.2) is 0 Å². The van der Waals surface area contributed by atoms with Crippen molar-refractivity contribution in [2.24, 2.45) is 0 Å². The van der Waals surface area contributed by atoms with E-state index in [1.165, 1.54) is 12.8 Å². The summed E-state index contributed by atoms with van der Waals surface area (Å²) in [6, 6.07) is 0. The first kappa shape index (κ1) is 11.9. The molecule has 0 aliphatic heterocycles. The zero-order valence-corrected chi connectivity index (χ0v) is 10.8. The second-order valence-corrected chi connectivity index (χ2v) is 8.90. The molecule has 0 radical (unpaired) electrons. The second-order valence-electron chi connectivity index (χ2n) is 2.68. The van der Waals surface area contributed by atoms with Crippen LogP contribution >= 0.6 is 22.6 Å². The molecule has 0 spiro atoms. The molecule has 2 nitrogen and oxygen atoms in total. The van der Waals surface area contributed by atoms with Gasteiger partial charge in [-0.25, -0.2) is 0 Å². The molecule has 4 heteroatoms. The molecule has 0 aromatic heterocycles. The van der Waals surface area contributed by atoms with Crippen LogP contribution in [0.1, 0.15) is 19.8 Å². The lowest BCUT2D eigenvalue weighted by atomic mass is 10.4. The number of halogens is 1. The Morgan fingerprint density at radius 1 is 1.36 bits per heavy atom. The third-order valence-electron chi connectivity index (χ3n) is 1.92. The lowest BCUT2D eigenvalue weighted by molar-refractivity contribution is 0.247. The zero-order chi connectivity index (χ0) is 8.91.